The maximum Gasteiger partial charge on any atom is 0.417 e. The third kappa shape index (κ3) is 8.57. The average Bonchev–Trinajstić information content (AvgIpc) is 3.87. The normalized spacial score (nSPS) is 21.3. The molecule has 3 aromatic carbocycles. The molecular formula is C49H54F5N7O6. The number of aromatic nitrogens is 3. The lowest BCUT2D eigenvalue weighted by Crippen LogP contribution is -2.65. The van der Waals surface area contributed by atoms with Crippen molar-refractivity contribution in [3.8, 4) is 28.6 Å². The van der Waals surface area contributed by atoms with Crippen molar-refractivity contribution in [3.63, 3.8) is 0 Å². The van der Waals surface area contributed by atoms with Crippen LogP contribution in [0.1, 0.15) is 69.2 Å². The van der Waals surface area contributed by atoms with E-state index in [9.17, 15) is 9.90 Å². The molecule has 3 saturated heterocycles. The summed E-state index contributed by atoms with van der Waals surface area (Å²) in [5.74, 6) is -1.07. The van der Waals surface area contributed by atoms with Gasteiger partial charge in [0.1, 0.15) is 51.4 Å². The first kappa shape index (κ1) is 46.0. The number of alkyl halides is 3. The summed E-state index contributed by atoms with van der Waals surface area (Å²) in [6.07, 6.45) is -4.53. The summed E-state index contributed by atoms with van der Waals surface area (Å²) in [7, 11) is 3.05. The van der Waals surface area contributed by atoms with Crippen molar-refractivity contribution in [1.82, 2.24) is 19.9 Å². The van der Waals surface area contributed by atoms with E-state index in [0.29, 0.717) is 55.0 Å². The fraction of sp³-hybridized carbons (Fsp3) is 0.469. The van der Waals surface area contributed by atoms with Crippen LogP contribution >= 0.6 is 0 Å². The molecule has 3 fully saturated rings. The Morgan fingerprint density at radius 1 is 0.896 bits per heavy atom. The van der Waals surface area contributed by atoms with Crippen LogP contribution in [0.5, 0.6) is 17.4 Å². The van der Waals surface area contributed by atoms with Crippen LogP contribution in [0.15, 0.2) is 54.6 Å². The largest absolute Gasteiger partial charge is 0.497 e. The van der Waals surface area contributed by atoms with Crippen LogP contribution in [0.3, 0.4) is 0 Å². The molecule has 67 heavy (non-hydrogen) atoms. The number of carbonyl (C=O) groups is 1. The zero-order valence-electron chi connectivity index (χ0n) is 38.5. The summed E-state index contributed by atoms with van der Waals surface area (Å²) >= 11 is 0. The standard InChI is InChI=1S/C49H54F5N7O6/c1-26-38(49(52,53)54)34(20-36(39(26)50)59(21-28-8-13-32(64-6)14-9-28)22-29-10-15-33(65-7)16-11-29)41-40(51)42-37-44(57-46(56-42)58-19-18-30(23-58)25-62)60-24-31-12-17-35(43(60)27(2)66-45(37)55-41)61(31)47(63)67-48(3,4)5/h8-11,13-16,20,27,30-31,35,43,62H,12,17-19,21-25H2,1-7H3/t27-,30+,31+,35-,43+/m0/s1. The number of ether oxygens (including phenoxy) is 4. The third-order valence-corrected chi connectivity index (χ3v) is 13.3. The van der Waals surface area contributed by atoms with Crippen molar-refractivity contribution < 1.29 is 50.8 Å². The molecule has 1 amide bonds. The predicted molar refractivity (Wildman–Crippen MR) is 242 cm³/mol. The first-order valence-electron chi connectivity index (χ1n) is 22.5. The van der Waals surface area contributed by atoms with E-state index >= 15 is 22.0 Å². The fourth-order valence-corrected chi connectivity index (χ4v) is 10.2. The van der Waals surface area contributed by atoms with Gasteiger partial charge in [0, 0.05) is 50.8 Å². The number of hydrogen-bond acceptors (Lipinski definition) is 12. The van der Waals surface area contributed by atoms with E-state index in [4.69, 9.17) is 28.9 Å². The Bertz CT molecular complexity index is 2630. The second-order valence-electron chi connectivity index (χ2n) is 18.9. The molecule has 2 aromatic heterocycles. The molecule has 356 valence electrons. The number of carbonyl (C=O) groups excluding carboxylic acids is 1. The number of rotatable bonds is 10. The van der Waals surface area contributed by atoms with Gasteiger partial charge in [-0.25, -0.2) is 23.5 Å². The van der Waals surface area contributed by atoms with Crippen molar-refractivity contribution in [2.24, 2.45) is 5.92 Å². The van der Waals surface area contributed by atoms with E-state index in [1.54, 1.807) is 86.0 Å². The Kier molecular flexibility index (Phi) is 12.0. The van der Waals surface area contributed by atoms with Gasteiger partial charge in [-0.05, 0) is 101 Å². The highest BCUT2D eigenvalue weighted by Crippen LogP contribution is 2.49. The summed E-state index contributed by atoms with van der Waals surface area (Å²) in [5, 5.41) is 10.1. The van der Waals surface area contributed by atoms with Crippen molar-refractivity contribution in [3.05, 3.63) is 88.5 Å². The number of amides is 1. The van der Waals surface area contributed by atoms with Gasteiger partial charge in [0.2, 0.25) is 11.8 Å². The number of anilines is 3. The van der Waals surface area contributed by atoms with Gasteiger partial charge < -0.3 is 38.8 Å². The fourth-order valence-electron chi connectivity index (χ4n) is 10.2. The van der Waals surface area contributed by atoms with Crippen molar-refractivity contribution in [2.45, 2.75) is 103 Å². The predicted octanol–water partition coefficient (Wildman–Crippen LogP) is 9.08. The number of aliphatic hydroxyl groups excluding tert-OH is 1. The topological polar surface area (TPSA) is 126 Å². The number of benzene rings is 3. The molecule has 0 saturated carbocycles. The molecule has 4 aliphatic heterocycles. The van der Waals surface area contributed by atoms with E-state index in [1.807, 2.05) is 9.80 Å². The summed E-state index contributed by atoms with van der Waals surface area (Å²) in [6, 6.07) is 13.7. The Balaban J connectivity index is 1.24. The van der Waals surface area contributed by atoms with Crippen molar-refractivity contribution in [1.29, 1.82) is 0 Å². The Morgan fingerprint density at radius 3 is 2.10 bits per heavy atom. The minimum absolute atomic E-state index is 0.0427. The summed E-state index contributed by atoms with van der Waals surface area (Å²) in [6.45, 7) is 9.27. The molecule has 6 heterocycles. The van der Waals surface area contributed by atoms with Gasteiger partial charge in [0.25, 0.3) is 0 Å². The van der Waals surface area contributed by atoms with E-state index in [1.165, 1.54) is 14.2 Å². The van der Waals surface area contributed by atoms with Gasteiger partial charge in [-0.1, -0.05) is 24.3 Å². The molecule has 1 N–H and O–H groups in total. The number of nitrogens with zero attached hydrogens (tertiary/aromatic N) is 7. The summed E-state index contributed by atoms with van der Waals surface area (Å²) in [4.78, 5) is 35.3. The van der Waals surface area contributed by atoms with Gasteiger partial charge in [0.15, 0.2) is 5.82 Å². The molecule has 4 aliphatic rings. The quantitative estimate of drug-likeness (QED) is 0.134. The lowest BCUT2D eigenvalue weighted by Gasteiger charge is -2.48. The van der Waals surface area contributed by atoms with Crippen LogP contribution in [0.25, 0.3) is 22.2 Å². The van der Waals surface area contributed by atoms with E-state index < -0.39 is 70.1 Å². The average molecular weight is 932 g/mol. The second-order valence-corrected chi connectivity index (χ2v) is 18.9. The first-order chi connectivity index (χ1) is 31.9. The third-order valence-electron chi connectivity index (χ3n) is 13.3. The van der Waals surface area contributed by atoms with Gasteiger partial charge >= 0.3 is 12.3 Å². The molecule has 9 rings (SSSR count). The molecule has 18 heteroatoms. The number of piperazine rings is 1. The maximum atomic E-state index is 17.9. The van der Waals surface area contributed by atoms with Crippen LogP contribution in [-0.4, -0.2) is 101 Å². The van der Waals surface area contributed by atoms with Gasteiger partial charge in [-0.15, -0.1) is 0 Å². The molecule has 0 radical (unpaired) electrons. The smallest absolute Gasteiger partial charge is 0.417 e. The van der Waals surface area contributed by atoms with Crippen LogP contribution in [0.2, 0.25) is 0 Å². The monoisotopic (exact) mass is 931 g/mol. The molecule has 0 aliphatic carbocycles. The SMILES string of the molecule is COc1ccc(CN(Cc2ccc(OC)cc2)c2cc(-c3nc4c5c(nc(N6CC[C@@H](CO)C6)nc5c3F)N3C[C@H]5CC[C@@H]([C@H]3[C@H](C)O4)N5C(=O)OC(C)(C)C)c(C(F)(F)F)c(C)c2F)cc1. The summed E-state index contributed by atoms with van der Waals surface area (Å²) in [5.41, 5.74) is -3.50. The Morgan fingerprint density at radius 2 is 1.54 bits per heavy atom. The maximum absolute atomic E-state index is 17.9. The number of fused-ring (bicyclic) bond motifs is 5. The number of pyridine rings is 1. The highest BCUT2D eigenvalue weighted by molar-refractivity contribution is 5.98. The number of hydrogen-bond donors (Lipinski definition) is 1. The molecular weight excluding hydrogens is 878 g/mol. The Hall–Kier alpha value is -6.17. The van der Waals surface area contributed by atoms with Crippen LogP contribution < -0.4 is 28.9 Å². The number of methoxy groups -OCH3 is 2. The van der Waals surface area contributed by atoms with Crippen molar-refractivity contribution in [2.75, 3.05) is 55.2 Å². The van der Waals surface area contributed by atoms with Crippen molar-refractivity contribution >= 4 is 34.4 Å². The van der Waals surface area contributed by atoms with Gasteiger partial charge in [-0.2, -0.15) is 18.2 Å². The molecule has 13 nitrogen and oxygen atoms in total. The Labute approximate surface area is 385 Å². The van der Waals surface area contributed by atoms with Crippen LogP contribution in [0.4, 0.5) is 44.2 Å². The molecule has 5 aromatic rings. The van der Waals surface area contributed by atoms with Gasteiger partial charge in [0.05, 0.1) is 43.6 Å². The molecule has 0 spiro atoms. The van der Waals surface area contributed by atoms with Crippen LogP contribution in [-0.2, 0) is 24.0 Å². The molecule has 0 unspecified atom stereocenters. The van der Waals surface area contributed by atoms with E-state index in [-0.39, 0.29) is 72.4 Å². The zero-order valence-corrected chi connectivity index (χ0v) is 38.5. The molecule has 2 bridgehead atoms. The molecule has 5 atom stereocenters. The lowest BCUT2D eigenvalue weighted by atomic mass is 9.95. The lowest BCUT2D eigenvalue weighted by molar-refractivity contribution is -0.137. The van der Waals surface area contributed by atoms with Gasteiger partial charge in [-0.3, -0.25) is 4.90 Å². The van der Waals surface area contributed by atoms with E-state index in [2.05, 4.69) is 4.98 Å². The van der Waals surface area contributed by atoms with E-state index in [0.717, 1.165) is 13.0 Å². The minimum Gasteiger partial charge on any atom is -0.497 e. The first-order valence-corrected chi connectivity index (χ1v) is 22.5. The highest BCUT2D eigenvalue weighted by Gasteiger charge is 2.54. The summed E-state index contributed by atoms with van der Waals surface area (Å²) < 4.78 is 105. The zero-order chi connectivity index (χ0) is 47.7. The second kappa shape index (κ2) is 17.5. The number of aliphatic hydroxyl groups is 1. The highest BCUT2D eigenvalue weighted by atomic mass is 19.4. The number of halogens is 5. The van der Waals surface area contributed by atoms with Crippen LogP contribution in [0, 0.1) is 24.5 Å². The minimum atomic E-state index is -5.16.